The molecular formula is C20H19ClF3N3. The minimum Gasteiger partial charge on any atom is -0.343 e. The van der Waals surface area contributed by atoms with E-state index in [-0.39, 0.29) is 0 Å². The highest BCUT2D eigenvalue weighted by molar-refractivity contribution is 6.31. The lowest BCUT2D eigenvalue weighted by atomic mass is 10.0. The number of pyridine rings is 1. The molecular weight excluding hydrogens is 375 g/mol. The number of nitrogens with zero attached hydrogens (tertiary/aromatic N) is 3. The minimum absolute atomic E-state index is 0.619. The summed E-state index contributed by atoms with van der Waals surface area (Å²) in [5.74, 6) is 0. The summed E-state index contributed by atoms with van der Waals surface area (Å²) in [7, 11) is 2.09. The maximum absolute atomic E-state index is 12.7. The summed E-state index contributed by atoms with van der Waals surface area (Å²) in [5, 5.41) is 1.89. The highest BCUT2D eigenvalue weighted by Crippen LogP contribution is 2.33. The van der Waals surface area contributed by atoms with Crippen LogP contribution in [0.3, 0.4) is 0 Å². The van der Waals surface area contributed by atoms with Gasteiger partial charge in [0.25, 0.3) is 0 Å². The number of alkyl halides is 3. The Kier molecular flexibility index (Phi) is 4.64. The topological polar surface area (TPSA) is 21.1 Å². The fourth-order valence-corrected chi connectivity index (χ4v) is 3.95. The van der Waals surface area contributed by atoms with Crippen molar-refractivity contribution >= 4 is 22.5 Å². The van der Waals surface area contributed by atoms with Crippen molar-refractivity contribution in [1.82, 2.24) is 14.5 Å². The summed E-state index contributed by atoms with van der Waals surface area (Å²) in [5.41, 5.74) is 3.65. The van der Waals surface area contributed by atoms with Crippen LogP contribution in [0.15, 0.2) is 36.5 Å². The molecule has 7 heteroatoms. The van der Waals surface area contributed by atoms with Gasteiger partial charge in [-0.25, -0.2) is 0 Å². The Balaban J connectivity index is 1.65. The standard InChI is InChI=1S/C20H19ClF3N3/c1-26-8-7-15-16-10-14(21)3-4-17(16)27(18(15)12-26)9-6-13-2-5-19(25-11-13)20(22,23)24/h2-5,10-11H,6-9,12H2,1H3. The molecule has 1 aromatic carbocycles. The minimum atomic E-state index is -4.40. The number of hydrogen-bond donors (Lipinski definition) is 0. The second-order valence-corrected chi connectivity index (χ2v) is 7.46. The lowest BCUT2D eigenvalue weighted by molar-refractivity contribution is -0.141. The fourth-order valence-electron chi connectivity index (χ4n) is 3.78. The third kappa shape index (κ3) is 3.56. The van der Waals surface area contributed by atoms with E-state index in [1.54, 1.807) is 0 Å². The summed E-state index contributed by atoms with van der Waals surface area (Å²) in [4.78, 5) is 5.84. The number of benzene rings is 1. The van der Waals surface area contributed by atoms with Gasteiger partial charge >= 0.3 is 6.18 Å². The van der Waals surface area contributed by atoms with Gasteiger partial charge in [-0.1, -0.05) is 17.7 Å². The summed E-state index contributed by atoms with van der Waals surface area (Å²) >= 11 is 6.20. The monoisotopic (exact) mass is 393 g/mol. The molecule has 0 N–H and O–H groups in total. The Labute approximate surface area is 160 Å². The van der Waals surface area contributed by atoms with Crippen LogP contribution in [0.1, 0.15) is 22.5 Å². The molecule has 142 valence electrons. The van der Waals surface area contributed by atoms with Crippen molar-refractivity contribution in [2.45, 2.75) is 32.1 Å². The molecule has 0 atom stereocenters. The van der Waals surface area contributed by atoms with Crippen LogP contribution in [0.4, 0.5) is 13.2 Å². The van der Waals surface area contributed by atoms with Gasteiger partial charge in [-0.3, -0.25) is 4.98 Å². The fraction of sp³-hybridized carbons (Fsp3) is 0.350. The summed E-state index contributed by atoms with van der Waals surface area (Å²) in [6.07, 6.45) is -1.49. The molecule has 0 saturated carbocycles. The molecule has 0 unspecified atom stereocenters. The Morgan fingerprint density at radius 1 is 1.19 bits per heavy atom. The third-order valence-electron chi connectivity index (χ3n) is 5.15. The molecule has 0 spiro atoms. The zero-order valence-corrected chi connectivity index (χ0v) is 15.6. The molecule has 3 aromatic rings. The van der Waals surface area contributed by atoms with Crippen LogP contribution < -0.4 is 0 Å². The molecule has 3 nitrogen and oxygen atoms in total. The average molecular weight is 394 g/mol. The second kappa shape index (κ2) is 6.84. The Morgan fingerprint density at radius 2 is 2.00 bits per heavy atom. The molecule has 0 fully saturated rings. The molecule has 3 heterocycles. The Morgan fingerprint density at radius 3 is 2.70 bits per heavy atom. The lowest BCUT2D eigenvalue weighted by Gasteiger charge is -2.24. The largest absolute Gasteiger partial charge is 0.433 e. The highest BCUT2D eigenvalue weighted by atomic mass is 35.5. The zero-order chi connectivity index (χ0) is 19.2. The van der Waals surface area contributed by atoms with Gasteiger partial charge in [-0.05, 0) is 55.3 Å². The first-order valence-corrected chi connectivity index (χ1v) is 9.21. The molecule has 0 aliphatic carbocycles. The van der Waals surface area contributed by atoms with E-state index < -0.39 is 11.9 Å². The van der Waals surface area contributed by atoms with E-state index >= 15 is 0 Å². The number of aromatic nitrogens is 2. The molecule has 27 heavy (non-hydrogen) atoms. The predicted molar refractivity (Wildman–Crippen MR) is 99.9 cm³/mol. The number of aryl methyl sites for hydroxylation is 2. The van der Waals surface area contributed by atoms with E-state index in [0.29, 0.717) is 18.0 Å². The van der Waals surface area contributed by atoms with Gasteiger partial charge in [-0.2, -0.15) is 13.2 Å². The van der Waals surface area contributed by atoms with E-state index in [4.69, 9.17) is 11.6 Å². The molecule has 1 aliphatic heterocycles. The van der Waals surface area contributed by atoms with Crippen LogP contribution in [-0.4, -0.2) is 28.0 Å². The number of hydrogen-bond acceptors (Lipinski definition) is 2. The van der Waals surface area contributed by atoms with Crippen molar-refractivity contribution in [3.63, 3.8) is 0 Å². The normalized spacial score (nSPS) is 15.3. The quantitative estimate of drug-likeness (QED) is 0.628. The van der Waals surface area contributed by atoms with Crippen molar-refractivity contribution in [2.24, 2.45) is 0 Å². The molecule has 0 bridgehead atoms. The van der Waals surface area contributed by atoms with E-state index in [9.17, 15) is 13.2 Å². The average Bonchev–Trinajstić information content (AvgIpc) is 2.91. The van der Waals surface area contributed by atoms with Gasteiger partial charge in [0.05, 0.1) is 0 Å². The highest BCUT2D eigenvalue weighted by Gasteiger charge is 2.32. The van der Waals surface area contributed by atoms with Crippen molar-refractivity contribution < 1.29 is 13.2 Å². The van der Waals surface area contributed by atoms with Crippen LogP contribution in [-0.2, 0) is 32.1 Å². The molecule has 4 rings (SSSR count). The summed E-state index contributed by atoms with van der Waals surface area (Å²) < 4.78 is 40.3. The summed E-state index contributed by atoms with van der Waals surface area (Å²) in [6, 6.07) is 8.48. The maximum Gasteiger partial charge on any atom is 0.433 e. The van der Waals surface area contributed by atoms with Gasteiger partial charge in [0.2, 0.25) is 0 Å². The van der Waals surface area contributed by atoms with E-state index in [0.717, 1.165) is 36.7 Å². The van der Waals surface area contributed by atoms with Crippen molar-refractivity contribution in [3.8, 4) is 0 Å². The second-order valence-electron chi connectivity index (χ2n) is 7.03. The number of fused-ring (bicyclic) bond motifs is 3. The first-order valence-electron chi connectivity index (χ1n) is 8.83. The van der Waals surface area contributed by atoms with Crippen LogP contribution >= 0.6 is 11.6 Å². The molecule has 0 saturated heterocycles. The summed E-state index contributed by atoms with van der Waals surface area (Å²) in [6.45, 7) is 2.54. The molecule has 0 radical (unpaired) electrons. The van der Waals surface area contributed by atoms with Crippen LogP contribution in [0.2, 0.25) is 5.02 Å². The van der Waals surface area contributed by atoms with Crippen molar-refractivity contribution in [1.29, 1.82) is 0 Å². The van der Waals surface area contributed by atoms with Crippen molar-refractivity contribution in [2.75, 3.05) is 13.6 Å². The van der Waals surface area contributed by atoms with Crippen LogP contribution in [0.5, 0.6) is 0 Å². The van der Waals surface area contributed by atoms with Crippen LogP contribution in [0.25, 0.3) is 10.9 Å². The van der Waals surface area contributed by atoms with E-state index in [1.165, 1.54) is 28.9 Å². The molecule has 0 amide bonds. The SMILES string of the molecule is CN1CCc2c(n(CCc3ccc(C(F)(F)F)nc3)c3ccc(Cl)cc23)C1. The first kappa shape index (κ1) is 18.3. The van der Waals surface area contributed by atoms with Gasteiger partial charge < -0.3 is 9.47 Å². The van der Waals surface area contributed by atoms with E-state index in [2.05, 4.69) is 21.5 Å². The Bertz CT molecular complexity index is 977. The van der Waals surface area contributed by atoms with Gasteiger partial charge in [0.15, 0.2) is 0 Å². The van der Waals surface area contributed by atoms with Gasteiger partial charge in [0, 0.05) is 47.5 Å². The van der Waals surface area contributed by atoms with Crippen LogP contribution in [0, 0.1) is 0 Å². The number of likely N-dealkylation sites (N-methyl/N-ethyl adjacent to an activating group) is 1. The maximum atomic E-state index is 12.7. The molecule has 1 aliphatic rings. The zero-order valence-electron chi connectivity index (χ0n) is 14.9. The number of rotatable bonds is 3. The molecule has 2 aromatic heterocycles. The lowest BCUT2D eigenvalue weighted by Crippen LogP contribution is -2.28. The third-order valence-corrected chi connectivity index (χ3v) is 5.39. The van der Waals surface area contributed by atoms with Crippen molar-refractivity contribution in [3.05, 3.63) is 64.1 Å². The Hall–Kier alpha value is -2.05. The predicted octanol–water partition coefficient (Wildman–Crippen LogP) is 4.94. The smallest absolute Gasteiger partial charge is 0.343 e. The number of halogens is 4. The van der Waals surface area contributed by atoms with Gasteiger partial charge in [0.1, 0.15) is 5.69 Å². The van der Waals surface area contributed by atoms with E-state index in [1.807, 2.05) is 18.2 Å². The first-order chi connectivity index (χ1) is 12.8. The van der Waals surface area contributed by atoms with Gasteiger partial charge in [-0.15, -0.1) is 0 Å².